The number of allylic oxidation sites excluding steroid dienone is 4. The SMILES string of the molecule is CCCCC1=[C-]CC=C1.[H-].[H-].[H-].[H-].[H-].[Mo]. The van der Waals surface area contributed by atoms with Crippen molar-refractivity contribution in [3.63, 3.8) is 0 Å². The fourth-order valence-electron chi connectivity index (χ4n) is 0.989. The van der Waals surface area contributed by atoms with Crippen molar-refractivity contribution in [3.05, 3.63) is 23.8 Å². The van der Waals surface area contributed by atoms with Gasteiger partial charge in [-0.15, -0.1) is 6.42 Å². The molecule has 0 atom stereocenters. The predicted molar refractivity (Wildman–Crippen MR) is 45.6 cm³/mol. The molecule has 0 spiro atoms. The molecule has 0 N–H and O–H groups in total. The van der Waals surface area contributed by atoms with Crippen molar-refractivity contribution in [1.82, 2.24) is 0 Å². The maximum atomic E-state index is 3.30. The molecule has 10 heavy (non-hydrogen) atoms. The van der Waals surface area contributed by atoms with Gasteiger partial charge in [0, 0.05) is 21.1 Å². The van der Waals surface area contributed by atoms with E-state index in [9.17, 15) is 0 Å². The van der Waals surface area contributed by atoms with E-state index in [1.54, 1.807) is 0 Å². The average Bonchev–Trinajstić information content (AvgIpc) is 2.34. The van der Waals surface area contributed by atoms with Crippen molar-refractivity contribution >= 4 is 0 Å². The number of hydrogen-bond donors (Lipinski definition) is 0. The molecule has 0 aromatic rings. The Morgan fingerprint density at radius 1 is 1.70 bits per heavy atom. The second-order valence-electron chi connectivity index (χ2n) is 2.41. The van der Waals surface area contributed by atoms with Gasteiger partial charge in [0.2, 0.25) is 0 Å². The fraction of sp³-hybridized carbons (Fsp3) is 0.556. The van der Waals surface area contributed by atoms with Gasteiger partial charge in [-0.2, -0.15) is 6.08 Å². The molecule has 66 valence electrons. The van der Waals surface area contributed by atoms with Crippen LogP contribution in [0, 0.1) is 6.08 Å². The molecule has 0 amide bonds. The van der Waals surface area contributed by atoms with Crippen LogP contribution in [0.15, 0.2) is 17.7 Å². The Bertz CT molecular complexity index is 147. The Balaban J connectivity index is -0.0000000337. The molecule has 0 unspecified atom stereocenters. The van der Waals surface area contributed by atoms with Crippen LogP contribution in [-0.2, 0) is 21.1 Å². The zero-order valence-electron chi connectivity index (χ0n) is 11.4. The summed E-state index contributed by atoms with van der Waals surface area (Å²) in [5, 5.41) is 0. The van der Waals surface area contributed by atoms with Gasteiger partial charge in [-0.25, -0.2) is 11.6 Å². The van der Waals surface area contributed by atoms with E-state index in [0.717, 1.165) is 6.42 Å². The third-order valence-corrected chi connectivity index (χ3v) is 1.57. The second-order valence-corrected chi connectivity index (χ2v) is 2.41. The summed E-state index contributed by atoms with van der Waals surface area (Å²) in [6.07, 6.45) is 12.5. The van der Waals surface area contributed by atoms with Crippen molar-refractivity contribution in [1.29, 1.82) is 0 Å². The van der Waals surface area contributed by atoms with Gasteiger partial charge in [0.15, 0.2) is 0 Å². The molecule has 0 bridgehead atoms. The van der Waals surface area contributed by atoms with E-state index in [-0.39, 0.29) is 28.2 Å². The molecule has 0 nitrogen and oxygen atoms in total. The normalized spacial score (nSPS) is 14.7. The first-order valence-electron chi connectivity index (χ1n) is 3.69. The molecular weight excluding hydrogens is 204 g/mol. The number of rotatable bonds is 3. The van der Waals surface area contributed by atoms with E-state index < -0.39 is 0 Å². The van der Waals surface area contributed by atoms with Crippen LogP contribution in [-0.4, -0.2) is 0 Å². The molecule has 0 heterocycles. The van der Waals surface area contributed by atoms with E-state index >= 15 is 0 Å². The number of unbranched alkanes of at least 4 members (excludes halogenated alkanes) is 1. The summed E-state index contributed by atoms with van der Waals surface area (Å²) in [4.78, 5) is 0. The Hall–Kier alpha value is 0.168. The smallest absolute Gasteiger partial charge is 0 e. The Morgan fingerprint density at radius 3 is 3.00 bits per heavy atom. The summed E-state index contributed by atoms with van der Waals surface area (Å²) in [6, 6.07) is 0. The van der Waals surface area contributed by atoms with E-state index in [2.05, 4.69) is 25.2 Å². The zero-order chi connectivity index (χ0) is 6.53. The first-order chi connectivity index (χ1) is 4.43. The molecule has 1 aliphatic carbocycles. The van der Waals surface area contributed by atoms with Gasteiger partial charge < -0.3 is 7.13 Å². The molecule has 0 aliphatic heterocycles. The van der Waals surface area contributed by atoms with E-state index in [1.807, 2.05) is 0 Å². The zero-order valence-corrected chi connectivity index (χ0v) is 8.40. The molecule has 0 aromatic heterocycles. The summed E-state index contributed by atoms with van der Waals surface area (Å²) in [6.45, 7) is 2.22. The standard InChI is InChI=1S/C9H13.Mo.5H/c1-2-3-6-9-7-4-5-8-9;;;;;;/h4,7H,2-3,5-6H2,1H3;;;;;;/q-1;;5*-1. The van der Waals surface area contributed by atoms with Crippen molar-refractivity contribution in [2.45, 2.75) is 32.6 Å². The second kappa shape index (κ2) is 5.92. The van der Waals surface area contributed by atoms with E-state index in [0.29, 0.717) is 0 Å². The molecule has 0 saturated heterocycles. The number of hydrogen-bond acceptors (Lipinski definition) is 0. The molecule has 0 saturated carbocycles. The molecular formula is C9H18Mo-6. The Morgan fingerprint density at radius 2 is 2.50 bits per heavy atom. The maximum absolute atomic E-state index is 3.30. The Kier molecular flexibility index (Phi) is 6.02. The molecule has 0 radical (unpaired) electrons. The summed E-state index contributed by atoms with van der Waals surface area (Å²) in [5.41, 5.74) is 1.41. The van der Waals surface area contributed by atoms with Crippen molar-refractivity contribution in [2.75, 3.05) is 0 Å². The van der Waals surface area contributed by atoms with Crippen LogP contribution in [0.25, 0.3) is 0 Å². The van der Waals surface area contributed by atoms with Crippen LogP contribution in [0.4, 0.5) is 0 Å². The average molecular weight is 222 g/mol. The van der Waals surface area contributed by atoms with Crippen LogP contribution in [0.3, 0.4) is 0 Å². The topological polar surface area (TPSA) is 0 Å². The van der Waals surface area contributed by atoms with Crippen LogP contribution in [0.2, 0.25) is 0 Å². The van der Waals surface area contributed by atoms with Crippen molar-refractivity contribution < 1.29 is 28.2 Å². The Labute approximate surface area is 85.1 Å². The molecule has 0 aromatic carbocycles. The monoisotopic (exact) mass is 224 g/mol. The first-order valence-corrected chi connectivity index (χ1v) is 3.69. The van der Waals surface area contributed by atoms with Gasteiger partial charge in [0.05, 0.1) is 0 Å². The summed E-state index contributed by atoms with van der Waals surface area (Å²) < 4.78 is 0. The maximum Gasteiger partial charge on any atom is 0 e. The van der Waals surface area contributed by atoms with Gasteiger partial charge >= 0.3 is 0 Å². The van der Waals surface area contributed by atoms with Gasteiger partial charge in [-0.05, 0) is 0 Å². The summed E-state index contributed by atoms with van der Waals surface area (Å²) >= 11 is 0. The largest absolute Gasteiger partial charge is 1.00 e. The summed E-state index contributed by atoms with van der Waals surface area (Å²) in [5.74, 6) is 0. The van der Waals surface area contributed by atoms with Gasteiger partial charge in [-0.3, -0.25) is 6.08 Å². The van der Waals surface area contributed by atoms with Crippen LogP contribution < -0.4 is 0 Å². The minimum absolute atomic E-state index is 0. The first kappa shape index (κ1) is 10.2. The van der Waals surface area contributed by atoms with Crippen LogP contribution in [0.1, 0.15) is 39.7 Å². The third-order valence-electron chi connectivity index (χ3n) is 1.57. The molecule has 1 rings (SSSR count). The van der Waals surface area contributed by atoms with Crippen LogP contribution in [0.5, 0.6) is 0 Å². The summed E-state index contributed by atoms with van der Waals surface area (Å²) in [7, 11) is 0. The van der Waals surface area contributed by atoms with Crippen LogP contribution >= 0.6 is 0 Å². The minimum atomic E-state index is 0. The molecule has 1 heteroatoms. The predicted octanol–water partition coefficient (Wildman–Crippen LogP) is 3.43. The third kappa shape index (κ3) is 3.37. The van der Waals surface area contributed by atoms with Crippen molar-refractivity contribution in [3.8, 4) is 0 Å². The van der Waals surface area contributed by atoms with Gasteiger partial charge in [-0.1, -0.05) is 26.2 Å². The van der Waals surface area contributed by atoms with Crippen molar-refractivity contribution in [2.24, 2.45) is 0 Å². The van der Waals surface area contributed by atoms with Gasteiger partial charge in [0.1, 0.15) is 0 Å². The molecule has 0 fully saturated rings. The minimum Gasteiger partial charge on any atom is -1.00 e. The van der Waals surface area contributed by atoms with E-state index in [4.69, 9.17) is 0 Å². The molecule has 1 aliphatic rings. The quantitative estimate of drug-likeness (QED) is 0.507. The van der Waals surface area contributed by atoms with Gasteiger partial charge in [0.25, 0.3) is 0 Å². The fourth-order valence-corrected chi connectivity index (χ4v) is 0.989. The van der Waals surface area contributed by atoms with E-state index in [1.165, 1.54) is 24.8 Å².